The summed E-state index contributed by atoms with van der Waals surface area (Å²) in [6, 6.07) is 8.15. The molecule has 0 radical (unpaired) electrons. The molecule has 3 rings (SSSR count). The number of hydrogen-bond donors (Lipinski definition) is 1. The van der Waals surface area contributed by atoms with Crippen LogP contribution in [0.25, 0.3) is 0 Å². The molecule has 1 atom stereocenters. The molecule has 1 fully saturated rings. The Balaban J connectivity index is 1.85. The average molecular weight is 284 g/mol. The third-order valence-electron chi connectivity index (χ3n) is 4.63. The number of aliphatic hydroxyl groups is 1. The highest BCUT2D eigenvalue weighted by atomic mass is 16.3. The zero-order valence-electron chi connectivity index (χ0n) is 12.5. The van der Waals surface area contributed by atoms with E-state index < -0.39 is 6.10 Å². The molecule has 3 nitrogen and oxygen atoms in total. The Morgan fingerprint density at radius 3 is 2.81 bits per heavy atom. The van der Waals surface area contributed by atoms with E-state index in [1.807, 2.05) is 24.3 Å². The average Bonchev–Trinajstić information content (AvgIpc) is 2.55. The van der Waals surface area contributed by atoms with Gasteiger partial charge in [-0.05, 0) is 30.9 Å². The van der Waals surface area contributed by atoms with Crippen molar-refractivity contribution in [1.29, 1.82) is 0 Å². The van der Waals surface area contributed by atoms with Gasteiger partial charge in [0, 0.05) is 6.54 Å². The molecule has 0 aromatic heterocycles. The highest BCUT2D eigenvalue weighted by Crippen LogP contribution is 2.34. The molecular weight excluding hydrogens is 260 g/mol. The minimum Gasteiger partial charge on any atom is -0.387 e. The summed E-state index contributed by atoms with van der Waals surface area (Å²) >= 11 is 0. The highest BCUT2D eigenvalue weighted by molar-refractivity contribution is 5.98. The van der Waals surface area contributed by atoms with Crippen LogP contribution in [-0.2, 0) is 0 Å². The van der Waals surface area contributed by atoms with E-state index in [0.717, 1.165) is 36.5 Å². The summed E-state index contributed by atoms with van der Waals surface area (Å²) in [7, 11) is 0. The number of anilines is 1. The number of aliphatic imine (C=N–C) groups is 1. The third-order valence-corrected chi connectivity index (χ3v) is 4.63. The van der Waals surface area contributed by atoms with E-state index in [4.69, 9.17) is 4.99 Å². The predicted octanol–water partition coefficient (Wildman–Crippen LogP) is 3.71. The SMILES string of the molecule is C=CCN1CC(C(O)C2CCCCC2)=Nc2ccccc21. The molecule has 3 heteroatoms. The van der Waals surface area contributed by atoms with Gasteiger partial charge in [0.2, 0.25) is 0 Å². The smallest absolute Gasteiger partial charge is 0.0967 e. The maximum absolute atomic E-state index is 10.7. The summed E-state index contributed by atoms with van der Waals surface area (Å²) in [4.78, 5) is 6.99. The Morgan fingerprint density at radius 2 is 2.05 bits per heavy atom. The fraction of sp³-hybridized carbons (Fsp3) is 0.500. The lowest BCUT2D eigenvalue weighted by Gasteiger charge is -2.34. The van der Waals surface area contributed by atoms with Gasteiger partial charge in [0.1, 0.15) is 0 Å². The maximum Gasteiger partial charge on any atom is 0.0967 e. The fourth-order valence-electron chi connectivity index (χ4n) is 3.50. The first-order valence-electron chi connectivity index (χ1n) is 8.00. The van der Waals surface area contributed by atoms with Gasteiger partial charge in [-0.15, -0.1) is 6.58 Å². The molecule has 2 aliphatic rings. The van der Waals surface area contributed by atoms with Gasteiger partial charge in [-0.1, -0.05) is 37.5 Å². The quantitative estimate of drug-likeness (QED) is 0.856. The van der Waals surface area contributed by atoms with E-state index in [-0.39, 0.29) is 0 Å². The van der Waals surface area contributed by atoms with E-state index in [9.17, 15) is 5.11 Å². The Morgan fingerprint density at radius 1 is 1.29 bits per heavy atom. The third kappa shape index (κ3) is 3.03. The number of aliphatic hydroxyl groups excluding tert-OH is 1. The van der Waals surface area contributed by atoms with Gasteiger partial charge in [0.15, 0.2) is 0 Å². The number of benzene rings is 1. The molecule has 1 saturated carbocycles. The zero-order valence-corrected chi connectivity index (χ0v) is 12.5. The lowest BCUT2D eigenvalue weighted by atomic mass is 9.83. The summed E-state index contributed by atoms with van der Waals surface area (Å²) < 4.78 is 0. The number of rotatable bonds is 4. The number of fused-ring (bicyclic) bond motifs is 1. The molecule has 1 unspecified atom stereocenters. The summed E-state index contributed by atoms with van der Waals surface area (Å²) in [5.41, 5.74) is 3.02. The summed E-state index contributed by atoms with van der Waals surface area (Å²) in [6.07, 6.45) is 7.55. The lowest BCUT2D eigenvalue weighted by molar-refractivity contribution is 0.139. The van der Waals surface area contributed by atoms with Gasteiger partial charge in [-0.2, -0.15) is 0 Å². The summed E-state index contributed by atoms with van der Waals surface area (Å²) in [5, 5.41) is 10.7. The van der Waals surface area contributed by atoms with Crippen molar-refractivity contribution in [2.45, 2.75) is 38.2 Å². The largest absolute Gasteiger partial charge is 0.387 e. The molecule has 1 N–H and O–H groups in total. The number of nitrogens with zero attached hydrogens (tertiary/aromatic N) is 2. The van der Waals surface area contributed by atoms with E-state index >= 15 is 0 Å². The molecule has 0 amide bonds. The van der Waals surface area contributed by atoms with Gasteiger partial charge < -0.3 is 10.0 Å². The van der Waals surface area contributed by atoms with Crippen LogP contribution in [0.2, 0.25) is 0 Å². The van der Waals surface area contributed by atoms with Crippen LogP contribution in [0.15, 0.2) is 41.9 Å². The molecule has 1 aliphatic heterocycles. The van der Waals surface area contributed by atoms with Crippen molar-refractivity contribution < 1.29 is 5.11 Å². The van der Waals surface area contributed by atoms with E-state index in [1.165, 1.54) is 19.3 Å². The van der Waals surface area contributed by atoms with Crippen LogP contribution in [0.4, 0.5) is 11.4 Å². The molecule has 112 valence electrons. The molecule has 1 heterocycles. The monoisotopic (exact) mass is 284 g/mol. The lowest BCUT2D eigenvalue weighted by Crippen LogP contribution is -2.41. The van der Waals surface area contributed by atoms with Crippen LogP contribution >= 0.6 is 0 Å². The van der Waals surface area contributed by atoms with Gasteiger partial charge in [0.05, 0.1) is 29.7 Å². The van der Waals surface area contributed by atoms with Crippen LogP contribution in [0.5, 0.6) is 0 Å². The second-order valence-electron chi connectivity index (χ2n) is 6.10. The maximum atomic E-state index is 10.7. The van der Waals surface area contributed by atoms with E-state index in [0.29, 0.717) is 12.5 Å². The minimum atomic E-state index is -0.397. The Kier molecular flexibility index (Phi) is 4.39. The van der Waals surface area contributed by atoms with Crippen LogP contribution in [0.3, 0.4) is 0 Å². The Bertz CT molecular complexity index is 532. The van der Waals surface area contributed by atoms with Crippen molar-refractivity contribution in [3.63, 3.8) is 0 Å². The molecule has 1 aliphatic carbocycles. The predicted molar refractivity (Wildman–Crippen MR) is 88.5 cm³/mol. The molecule has 0 saturated heterocycles. The summed E-state index contributed by atoms with van der Waals surface area (Å²) in [5.74, 6) is 0.383. The van der Waals surface area contributed by atoms with Gasteiger partial charge >= 0.3 is 0 Å². The molecule has 1 aromatic carbocycles. The number of para-hydroxylation sites is 2. The second-order valence-corrected chi connectivity index (χ2v) is 6.10. The van der Waals surface area contributed by atoms with Crippen molar-refractivity contribution in [1.82, 2.24) is 0 Å². The molecular formula is C18H24N2O. The molecule has 0 spiro atoms. The fourth-order valence-corrected chi connectivity index (χ4v) is 3.50. The summed E-state index contributed by atoms with van der Waals surface area (Å²) in [6.45, 7) is 5.34. The first-order valence-corrected chi connectivity index (χ1v) is 8.00. The van der Waals surface area contributed by atoms with E-state index in [1.54, 1.807) is 0 Å². The van der Waals surface area contributed by atoms with Crippen molar-refractivity contribution in [3.05, 3.63) is 36.9 Å². The Labute approximate surface area is 127 Å². The van der Waals surface area contributed by atoms with Gasteiger partial charge in [0.25, 0.3) is 0 Å². The van der Waals surface area contributed by atoms with Gasteiger partial charge in [-0.3, -0.25) is 4.99 Å². The second kappa shape index (κ2) is 6.44. The van der Waals surface area contributed by atoms with Crippen molar-refractivity contribution in [2.24, 2.45) is 10.9 Å². The van der Waals surface area contributed by atoms with Gasteiger partial charge in [-0.25, -0.2) is 0 Å². The minimum absolute atomic E-state index is 0.383. The van der Waals surface area contributed by atoms with Crippen LogP contribution < -0.4 is 4.90 Å². The van der Waals surface area contributed by atoms with Crippen LogP contribution in [0.1, 0.15) is 32.1 Å². The normalized spacial score (nSPS) is 20.6. The molecule has 21 heavy (non-hydrogen) atoms. The van der Waals surface area contributed by atoms with Crippen molar-refractivity contribution in [3.8, 4) is 0 Å². The van der Waals surface area contributed by atoms with Crippen LogP contribution in [0, 0.1) is 5.92 Å². The Hall–Kier alpha value is -1.61. The highest BCUT2D eigenvalue weighted by Gasteiger charge is 2.29. The van der Waals surface area contributed by atoms with Crippen molar-refractivity contribution >= 4 is 17.1 Å². The van der Waals surface area contributed by atoms with E-state index in [2.05, 4.69) is 17.5 Å². The number of hydrogen-bond acceptors (Lipinski definition) is 3. The topological polar surface area (TPSA) is 35.8 Å². The van der Waals surface area contributed by atoms with Crippen molar-refractivity contribution in [2.75, 3.05) is 18.0 Å². The zero-order chi connectivity index (χ0) is 14.7. The molecule has 1 aromatic rings. The molecule has 0 bridgehead atoms. The first kappa shape index (κ1) is 14.3. The first-order chi connectivity index (χ1) is 10.3. The standard InChI is InChI=1S/C18H24N2O/c1-2-12-20-13-16(18(21)14-8-4-3-5-9-14)19-15-10-6-7-11-17(15)20/h2,6-7,10-11,14,18,21H,1,3-5,8-9,12-13H2. The van der Waals surface area contributed by atoms with Crippen LogP contribution in [-0.4, -0.2) is 30.0 Å².